The standard InChI is InChI=1S/C12H16N2O2/c1-12(13,11(15)16)7-8-3-2-4-10-9(8)5-6-14-10/h2-4,14H,5-7,13H2,1H3,(H,15,16)/t12-/m0/s1. The highest BCUT2D eigenvalue weighted by atomic mass is 16.4. The number of nitrogens with two attached hydrogens (primary N) is 1. The molecule has 0 saturated heterocycles. The lowest BCUT2D eigenvalue weighted by Gasteiger charge is -2.20. The quantitative estimate of drug-likeness (QED) is 0.710. The normalized spacial score (nSPS) is 17.4. The maximum absolute atomic E-state index is 11.0. The first-order valence-electron chi connectivity index (χ1n) is 5.37. The summed E-state index contributed by atoms with van der Waals surface area (Å²) in [6, 6.07) is 5.91. The van der Waals surface area contributed by atoms with E-state index in [-0.39, 0.29) is 0 Å². The largest absolute Gasteiger partial charge is 0.480 e. The van der Waals surface area contributed by atoms with E-state index >= 15 is 0 Å². The molecule has 0 aliphatic carbocycles. The maximum atomic E-state index is 11.0. The highest BCUT2D eigenvalue weighted by Crippen LogP contribution is 2.27. The molecule has 0 saturated carbocycles. The van der Waals surface area contributed by atoms with Gasteiger partial charge in [-0.15, -0.1) is 0 Å². The Bertz CT molecular complexity index is 427. The molecule has 1 aromatic carbocycles. The van der Waals surface area contributed by atoms with E-state index in [9.17, 15) is 4.79 Å². The van der Waals surface area contributed by atoms with Crippen LogP contribution >= 0.6 is 0 Å². The summed E-state index contributed by atoms with van der Waals surface area (Å²) in [5.41, 5.74) is 7.92. The van der Waals surface area contributed by atoms with E-state index in [2.05, 4.69) is 5.32 Å². The Morgan fingerprint density at radius 2 is 2.38 bits per heavy atom. The molecular weight excluding hydrogens is 204 g/mol. The van der Waals surface area contributed by atoms with Crippen LogP contribution in [0.4, 0.5) is 5.69 Å². The molecule has 0 amide bonds. The van der Waals surface area contributed by atoms with Crippen LogP contribution in [0.2, 0.25) is 0 Å². The molecule has 0 aromatic heterocycles. The van der Waals surface area contributed by atoms with Crippen LogP contribution in [0.1, 0.15) is 18.1 Å². The maximum Gasteiger partial charge on any atom is 0.323 e. The Kier molecular flexibility index (Phi) is 2.59. The van der Waals surface area contributed by atoms with E-state index in [1.807, 2.05) is 18.2 Å². The van der Waals surface area contributed by atoms with Gasteiger partial charge in [-0.1, -0.05) is 12.1 Å². The first-order chi connectivity index (χ1) is 7.50. The number of benzene rings is 1. The van der Waals surface area contributed by atoms with Crippen molar-refractivity contribution in [1.29, 1.82) is 0 Å². The van der Waals surface area contributed by atoms with Crippen LogP contribution in [0.15, 0.2) is 18.2 Å². The van der Waals surface area contributed by atoms with Crippen molar-refractivity contribution < 1.29 is 9.90 Å². The molecule has 4 heteroatoms. The molecule has 0 bridgehead atoms. The number of carbonyl (C=O) groups is 1. The van der Waals surface area contributed by atoms with Crippen LogP contribution in [0.25, 0.3) is 0 Å². The third-order valence-corrected chi connectivity index (χ3v) is 3.01. The molecule has 1 aliphatic heterocycles. The first kappa shape index (κ1) is 11.0. The lowest BCUT2D eigenvalue weighted by atomic mass is 9.90. The summed E-state index contributed by atoms with van der Waals surface area (Å²) < 4.78 is 0. The Morgan fingerprint density at radius 1 is 1.62 bits per heavy atom. The number of rotatable bonds is 3. The van der Waals surface area contributed by atoms with Crippen molar-refractivity contribution in [2.75, 3.05) is 11.9 Å². The minimum absolute atomic E-state index is 0.368. The van der Waals surface area contributed by atoms with Gasteiger partial charge in [0.05, 0.1) is 0 Å². The molecule has 2 rings (SSSR count). The third-order valence-electron chi connectivity index (χ3n) is 3.01. The number of carboxylic acid groups (broad SMARTS) is 1. The molecule has 0 spiro atoms. The fourth-order valence-electron chi connectivity index (χ4n) is 2.05. The molecule has 1 heterocycles. The van der Waals surface area contributed by atoms with Crippen LogP contribution in [-0.4, -0.2) is 23.2 Å². The van der Waals surface area contributed by atoms with Gasteiger partial charge in [0, 0.05) is 18.7 Å². The van der Waals surface area contributed by atoms with Gasteiger partial charge >= 0.3 is 5.97 Å². The molecular formula is C12H16N2O2. The molecule has 1 aliphatic rings. The third kappa shape index (κ3) is 1.88. The Morgan fingerprint density at radius 3 is 3.06 bits per heavy atom. The Balaban J connectivity index is 2.29. The number of carboxylic acids is 1. The number of anilines is 1. The van der Waals surface area contributed by atoms with Gasteiger partial charge in [0.2, 0.25) is 0 Å². The minimum atomic E-state index is -1.20. The Labute approximate surface area is 94.5 Å². The van der Waals surface area contributed by atoms with Crippen molar-refractivity contribution in [3.63, 3.8) is 0 Å². The van der Waals surface area contributed by atoms with Gasteiger partial charge in [-0.05, 0) is 30.5 Å². The zero-order chi connectivity index (χ0) is 11.8. The van der Waals surface area contributed by atoms with Crippen molar-refractivity contribution in [3.05, 3.63) is 29.3 Å². The molecule has 1 atom stereocenters. The zero-order valence-corrected chi connectivity index (χ0v) is 9.29. The zero-order valence-electron chi connectivity index (χ0n) is 9.29. The van der Waals surface area contributed by atoms with E-state index < -0.39 is 11.5 Å². The van der Waals surface area contributed by atoms with E-state index in [4.69, 9.17) is 10.8 Å². The molecule has 16 heavy (non-hydrogen) atoms. The summed E-state index contributed by atoms with van der Waals surface area (Å²) in [4.78, 5) is 11.0. The average molecular weight is 220 g/mol. The number of hydrogen-bond acceptors (Lipinski definition) is 3. The summed E-state index contributed by atoms with van der Waals surface area (Å²) in [5.74, 6) is -0.962. The van der Waals surface area contributed by atoms with Crippen LogP contribution in [0.3, 0.4) is 0 Å². The number of fused-ring (bicyclic) bond motifs is 1. The number of hydrogen-bond donors (Lipinski definition) is 3. The van der Waals surface area contributed by atoms with E-state index in [0.29, 0.717) is 6.42 Å². The Hall–Kier alpha value is -1.55. The van der Waals surface area contributed by atoms with Gasteiger partial charge in [-0.25, -0.2) is 0 Å². The molecule has 4 N–H and O–H groups in total. The monoisotopic (exact) mass is 220 g/mol. The van der Waals surface area contributed by atoms with Crippen molar-refractivity contribution in [1.82, 2.24) is 0 Å². The molecule has 0 unspecified atom stereocenters. The van der Waals surface area contributed by atoms with Crippen molar-refractivity contribution in [3.8, 4) is 0 Å². The minimum Gasteiger partial charge on any atom is -0.480 e. The number of aliphatic carboxylic acids is 1. The second kappa shape index (κ2) is 3.79. The highest BCUT2D eigenvalue weighted by molar-refractivity contribution is 5.78. The van der Waals surface area contributed by atoms with E-state index in [1.165, 1.54) is 5.56 Å². The van der Waals surface area contributed by atoms with Gasteiger partial charge in [0.1, 0.15) is 5.54 Å². The van der Waals surface area contributed by atoms with Gasteiger partial charge in [-0.3, -0.25) is 4.79 Å². The van der Waals surface area contributed by atoms with Gasteiger partial charge in [0.15, 0.2) is 0 Å². The van der Waals surface area contributed by atoms with E-state index in [1.54, 1.807) is 6.92 Å². The fraction of sp³-hybridized carbons (Fsp3) is 0.417. The summed E-state index contributed by atoms with van der Waals surface area (Å²) in [7, 11) is 0. The molecule has 4 nitrogen and oxygen atoms in total. The van der Waals surface area contributed by atoms with Crippen LogP contribution < -0.4 is 11.1 Å². The lowest BCUT2D eigenvalue weighted by Crippen LogP contribution is -2.47. The summed E-state index contributed by atoms with van der Waals surface area (Å²) >= 11 is 0. The van der Waals surface area contributed by atoms with Gasteiger partial charge < -0.3 is 16.2 Å². The molecule has 0 radical (unpaired) electrons. The predicted molar refractivity (Wildman–Crippen MR) is 62.6 cm³/mol. The topological polar surface area (TPSA) is 75.3 Å². The molecule has 0 fully saturated rings. The van der Waals surface area contributed by atoms with Gasteiger partial charge in [0.25, 0.3) is 0 Å². The smallest absolute Gasteiger partial charge is 0.323 e. The second-order valence-electron chi connectivity index (χ2n) is 4.52. The van der Waals surface area contributed by atoms with Crippen molar-refractivity contribution in [2.45, 2.75) is 25.3 Å². The molecule has 86 valence electrons. The predicted octanol–water partition coefficient (Wildman–Crippen LogP) is 0.999. The number of nitrogens with one attached hydrogen (secondary N) is 1. The summed E-state index contributed by atoms with van der Waals surface area (Å²) in [6.45, 7) is 2.47. The van der Waals surface area contributed by atoms with Crippen molar-refractivity contribution >= 4 is 11.7 Å². The SMILES string of the molecule is C[C@](N)(Cc1cccc2c1CCN2)C(=O)O. The van der Waals surface area contributed by atoms with Crippen LogP contribution in [0, 0.1) is 0 Å². The summed E-state index contributed by atoms with van der Waals surface area (Å²) in [6.07, 6.45) is 1.31. The van der Waals surface area contributed by atoms with E-state index in [0.717, 1.165) is 24.2 Å². The first-order valence-corrected chi connectivity index (χ1v) is 5.37. The average Bonchev–Trinajstić information content (AvgIpc) is 2.65. The summed E-state index contributed by atoms with van der Waals surface area (Å²) in [5, 5.41) is 12.3. The second-order valence-corrected chi connectivity index (χ2v) is 4.52. The van der Waals surface area contributed by atoms with Crippen LogP contribution in [0.5, 0.6) is 0 Å². The highest BCUT2D eigenvalue weighted by Gasteiger charge is 2.29. The fourth-order valence-corrected chi connectivity index (χ4v) is 2.05. The van der Waals surface area contributed by atoms with Crippen LogP contribution in [-0.2, 0) is 17.6 Å². The van der Waals surface area contributed by atoms with Gasteiger partial charge in [-0.2, -0.15) is 0 Å². The van der Waals surface area contributed by atoms with Crippen molar-refractivity contribution in [2.24, 2.45) is 5.73 Å². The lowest BCUT2D eigenvalue weighted by molar-refractivity contribution is -0.142. The molecule has 1 aromatic rings.